The molecule has 0 fully saturated rings. The number of ether oxygens (including phenoxy) is 1. The Kier molecular flexibility index (Phi) is 5.50. The third-order valence-electron chi connectivity index (χ3n) is 4.25. The lowest BCUT2D eigenvalue weighted by molar-refractivity contribution is 0.414. The Labute approximate surface area is 172 Å². The Morgan fingerprint density at radius 2 is 1.71 bits per heavy atom. The monoisotopic (exact) mass is 408 g/mol. The highest BCUT2D eigenvalue weighted by Gasteiger charge is 2.17. The van der Waals surface area contributed by atoms with Gasteiger partial charge in [-0.3, -0.25) is 0 Å². The standard InChI is InChI=1S/C21H17ClN4OS/c1-27-15-8-6-14(7-9-15)12-25-21-16(4-2-11-24-21)18-19(28-13-26-18)17-5-3-10-23-20(17)22/h2-11,13H,12H2,1H3,(H,24,25). The van der Waals surface area contributed by atoms with Gasteiger partial charge < -0.3 is 10.1 Å². The number of methoxy groups -OCH3 is 1. The fraction of sp³-hybridized carbons (Fsp3) is 0.0952. The van der Waals surface area contributed by atoms with Crippen LogP contribution in [0.3, 0.4) is 0 Å². The quantitative estimate of drug-likeness (QED) is 0.424. The first-order chi connectivity index (χ1) is 13.8. The van der Waals surface area contributed by atoms with Crippen LogP contribution in [0, 0.1) is 0 Å². The number of halogens is 1. The predicted molar refractivity (Wildman–Crippen MR) is 114 cm³/mol. The summed E-state index contributed by atoms with van der Waals surface area (Å²) in [5.74, 6) is 1.60. The highest BCUT2D eigenvalue weighted by molar-refractivity contribution is 7.13. The van der Waals surface area contributed by atoms with E-state index in [-0.39, 0.29) is 0 Å². The second kappa shape index (κ2) is 8.37. The zero-order valence-corrected chi connectivity index (χ0v) is 16.7. The van der Waals surface area contributed by atoms with E-state index in [9.17, 15) is 0 Å². The van der Waals surface area contributed by atoms with Crippen molar-refractivity contribution in [2.75, 3.05) is 12.4 Å². The van der Waals surface area contributed by atoms with Crippen LogP contribution in [0.4, 0.5) is 5.82 Å². The molecular formula is C21H17ClN4OS. The lowest BCUT2D eigenvalue weighted by Gasteiger charge is -2.11. The maximum atomic E-state index is 6.31. The van der Waals surface area contributed by atoms with E-state index in [1.165, 1.54) is 11.3 Å². The molecule has 0 radical (unpaired) electrons. The fourth-order valence-electron chi connectivity index (χ4n) is 2.85. The van der Waals surface area contributed by atoms with E-state index in [1.807, 2.05) is 54.0 Å². The number of thiazole rings is 1. The van der Waals surface area contributed by atoms with Crippen LogP contribution in [0.25, 0.3) is 21.7 Å². The lowest BCUT2D eigenvalue weighted by atomic mass is 10.1. The van der Waals surface area contributed by atoms with Crippen molar-refractivity contribution in [1.82, 2.24) is 15.0 Å². The van der Waals surface area contributed by atoms with E-state index in [2.05, 4.69) is 20.3 Å². The molecule has 7 heteroatoms. The second-order valence-electron chi connectivity index (χ2n) is 5.97. The van der Waals surface area contributed by atoms with Crippen molar-refractivity contribution < 1.29 is 4.74 Å². The Morgan fingerprint density at radius 3 is 2.46 bits per heavy atom. The maximum absolute atomic E-state index is 6.31. The summed E-state index contributed by atoms with van der Waals surface area (Å²) in [6, 6.07) is 15.7. The van der Waals surface area contributed by atoms with Crippen LogP contribution in [-0.2, 0) is 6.54 Å². The van der Waals surface area contributed by atoms with Crippen molar-refractivity contribution >= 4 is 28.8 Å². The number of hydrogen-bond donors (Lipinski definition) is 1. The van der Waals surface area contributed by atoms with Crippen molar-refractivity contribution in [3.63, 3.8) is 0 Å². The summed E-state index contributed by atoms with van der Waals surface area (Å²) >= 11 is 7.84. The van der Waals surface area contributed by atoms with E-state index in [1.54, 1.807) is 19.5 Å². The number of anilines is 1. The Bertz CT molecular complexity index is 1080. The number of rotatable bonds is 6. The summed E-state index contributed by atoms with van der Waals surface area (Å²) in [6.45, 7) is 0.640. The molecule has 0 saturated heterocycles. The minimum atomic E-state index is 0.463. The first-order valence-electron chi connectivity index (χ1n) is 8.63. The van der Waals surface area contributed by atoms with Crippen LogP contribution in [0.2, 0.25) is 5.15 Å². The van der Waals surface area contributed by atoms with Crippen molar-refractivity contribution in [1.29, 1.82) is 0 Å². The SMILES string of the molecule is COc1ccc(CNc2ncccc2-c2ncsc2-c2cccnc2Cl)cc1. The van der Waals surface area contributed by atoms with Crippen LogP contribution in [0.5, 0.6) is 5.75 Å². The predicted octanol–water partition coefficient (Wildman–Crippen LogP) is 5.54. The number of nitrogens with one attached hydrogen (secondary N) is 1. The third kappa shape index (κ3) is 3.83. The van der Waals surface area contributed by atoms with Crippen molar-refractivity contribution in [2.45, 2.75) is 6.54 Å². The first-order valence-corrected chi connectivity index (χ1v) is 9.88. The Morgan fingerprint density at radius 1 is 0.964 bits per heavy atom. The number of benzene rings is 1. The molecule has 5 nitrogen and oxygen atoms in total. The van der Waals surface area contributed by atoms with Crippen molar-refractivity contribution in [2.24, 2.45) is 0 Å². The maximum Gasteiger partial charge on any atom is 0.137 e. The van der Waals surface area contributed by atoms with Gasteiger partial charge in [0.25, 0.3) is 0 Å². The highest BCUT2D eigenvalue weighted by atomic mass is 35.5. The highest BCUT2D eigenvalue weighted by Crippen LogP contribution is 2.39. The summed E-state index contributed by atoms with van der Waals surface area (Å²) < 4.78 is 5.21. The molecule has 0 spiro atoms. The molecule has 3 aromatic heterocycles. The number of nitrogens with zero attached hydrogens (tertiary/aromatic N) is 3. The molecule has 0 aliphatic carbocycles. The van der Waals surface area contributed by atoms with Crippen LogP contribution in [0.1, 0.15) is 5.56 Å². The molecule has 1 aromatic carbocycles. The van der Waals surface area contributed by atoms with E-state index in [0.717, 1.165) is 38.8 Å². The van der Waals surface area contributed by atoms with E-state index < -0.39 is 0 Å². The molecule has 1 N–H and O–H groups in total. The molecule has 28 heavy (non-hydrogen) atoms. The molecule has 4 rings (SSSR count). The molecule has 0 amide bonds. The van der Waals surface area contributed by atoms with Gasteiger partial charge in [-0.25, -0.2) is 15.0 Å². The smallest absolute Gasteiger partial charge is 0.137 e. The van der Waals surface area contributed by atoms with Gasteiger partial charge in [-0.2, -0.15) is 0 Å². The number of aromatic nitrogens is 3. The van der Waals surface area contributed by atoms with E-state index in [4.69, 9.17) is 16.3 Å². The molecule has 0 aliphatic rings. The second-order valence-corrected chi connectivity index (χ2v) is 7.19. The van der Waals surface area contributed by atoms with Crippen LogP contribution < -0.4 is 10.1 Å². The zero-order valence-electron chi connectivity index (χ0n) is 15.1. The van der Waals surface area contributed by atoms with Crippen molar-refractivity contribution in [3.8, 4) is 27.4 Å². The van der Waals surface area contributed by atoms with E-state index >= 15 is 0 Å². The Balaban J connectivity index is 1.64. The average molecular weight is 409 g/mol. The molecule has 0 saturated carbocycles. The van der Waals surface area contributed by atoms with Gasteiger partial charge in [-0.1, -0.05) is 23.7 Å². The topological polar surface area (TPSA) is 59.9 Å². The number of hydrogen-bond acceptors (Lipinski definition) is 6. The summed E-state index contributed by atoms with van der Waals surface area (Å²) in [4.78, 5) is 14.3. The van der Waals surface area contributed by atoms with Crippen LogP contribution in [-0.4, -0.2) is 22.1 Å². The largest absolute Gasteiger partial charge is 0.497 e. The summed E-state index contributed by atoms with van der Waals surface area (Å²) in [6.07, 6.45) is 3.45. The van der Waals surface area contributed by atoms with Crippen LogP contribution in [0.15, 0.2) is 66.4 Å². The molecule has 3 heterocycles. The molecule has 0 unspecified atom stereocenters. The Hall–Kier alpha value is -2.96. The van der Waals surface area contributed by atoms with Gasteiger partial charge in [0, 0.05) is 30.1 Å². The zero-order chi connectivity index (χ0) is 19.3. The minimum Gasteiger partial charge on any atom is -0.497 e. The van der Waals surface area contributed by atoms with Gasteiger partial charge in [-0.15, -0.1) is 11.3 Å². The molecule has 140 valence electrons. The van der Waals surface area contributed by atoms with Gasteiger partial charge in [-0.05, 0) is 42.0 Å². The lowest BCUT2D eigenvalue weighted by Crippen LogP contribution is -2.03. The van der Waals surface area contributed by atoms with Gasteiger partial charge in [0.2, 0.25) is 0 Å². The van der Waals surface area contributed by atoms with E-state index in [0.29, 0.717) is 11.7 Å². The third-order valence-corrected chi connectivity index (χ3v) is 5.41. The summed E-state index contributed by atoms with van der Waals surface area (Å²) in [5.41, 5.74) is 5.57. The molecular weight excluding hydrogens is 392 g/mol. The fourth-order valence-corrected chi connectivity index (χ4v) is 3.95. The normalized spacial score (nSPS) is 10.6. The van der Waals surface area contributed by atoms with Gasteiger partial charge in [0.05, 0.1) is 23.2 Å². The summed E-state index contributed by atoms with van der Waals surface area (Å²) in [7, 11) is 1.66. The van der Waals surface area contributed by atoms with Gasteiger partial charge >= 0.3 is 0 Å². The summed E-state index contributed by atoms with van der Waals surface area (Å²) in [5, 5.41) is 3.88. The molecule has 4 aromatic rings. The molecule has 0 bridgehead atoms. The van der Waals surface area contributed by atoms with Gasteiger partial charge in [0.15, 0.2) is 0 Å². The van der Waals surface area contributed by atoms with Gasteiger partial charge in [0.1, 0.15) is 16.7 Å². The molecule has 0 atom stereocenters. The molecule has 0 aliphatic heterocycles. The average Bonchev–Trinajstić information content (AvgIpc) is 3.22. The van der Waals surface area contributed by atoms with Crippen molar-refractivity contribution in [3.05, 3.63) is 77.2 Å². The number of pyridine rings is 2. The first kappa shape index (κ1) is 18.4. The van der Waals surface area contributed by atoms with Crippen LogP contribution >= 0.6 is 22.9 Å². The minimum absolute atomic E-state index is 0.463.